The van der Waals surface area contributed by atoms with Crippen LogP contribution >= 0.6 is 0 Å². The molecule has 2 rings (SSSR count). The topological polar surface area (TPSA) is 54.5 Å². The van der Waals surface area contributed by atoms with Crippen LogP contribution in [-0.4, -0.2) is 31.1 Å². The molecule has 24 heavy (non-hydrogen) atoms. The van der Waals surface area contributed by atoms with Gasteiger partial charge in [-0.25, -0.2) is 4.98 Å². The van der Waals surface area contributed by atoms with E-state index in [0.29, 0.717) is 23.7 Å². The Morgan fingerprint density at radius 2 is 2.00 bits per heavy atom. The maximum absolute atomic E-state index is 12.4. The Labute approximate surface area is 143 Å². The van der Waals surface area contributed by atoms with Crippen molar-refractivity contribution in [2.24, 2.45) is 0 Å². The van der Waals surface area contributed by atoms with E-state index in [4.69, 9.17) is 4.74 Å². The highest BCUT2D eigenvalue weighted by molar-refractivity contribution is 6.03. The average Bonchev–Trinajstić information content (AvgIpc) is 2.61. The molecule has 0 saturated heterocycles. The minimum absolute atomic E-state index is 0.245. The fraction of sp³-hybridized carbons (Fsp3) is 0.368. The molecule has 0 atom stereocenters. The molecule has 0 radical (unpaired) electrons. The van der Waals surface area contributed by atoms with Gasteiger partial charge in [-0.2, -0.15) is 0 Å². The van der Waals surface area contributed by atoms with Gasteiger partial charge in [0.2, 0.25) is 0 Å². The van der Waals surface area contributed by atoms with Crippen LogP contribution in [-0.2, 0) is 0 Å². The predicted molar refractivity (Wildman–Crippen MR) is 98.0 cm³/mol. The molecular formula is C19H25N3O2. The van der Waals surface area contributed by atoms with E-state index in [9.17, 15) is 4.79 Å². The van der Waals surface area contributed by atoms with Gasteiger partial charge in [0.25, 0.3) is 5.91 Å². The van der Waals surface area contributed by atoms with Crippen molar-refractivity contribution >= 4 is 17.3 Å². The van der Waals surface area contributed by atoms with Gasteiger partial charge in [0.05, 0.1) is 24.2 Å². The Hall–Kier alpha value is -2.56. The summed E-state index contributed by atoms with van der Waals surface area (Å²) in [5.41, 5.74) is 2.04. The molecule has 0 saturated carbocycles. The molecule has 0 aliphatic rings. The van der Waals surface area contributed by atoms with E-state index in [2.05, 4.69) is 22.1 Å². The maximum atomic E-state index is 12.4. The number of nitrogens with one attached hydrogen (secondary N) is 1. The number of hydrogen-bond acceptors (Lipinski definition) is 4. The van der Waals surface area contributed by atoms with E-state index >= 15 is 0 Å². The molecular weight excluding hydrogens is 302 g/mol. The standard InChI is InChI=1S/C19H25N3O2/c1-4-6-13-22(3)15-11-12-17(20-14-15)19(23)21-16-9-7-8-10-18(16)24-5-2/h7-12,14H,4-6,13H2,1-3H3,(H,21,23). The number of aromatic nitrogens is 1. The number of anilines is 2. The summed E-state index contributed by atoms with van der Waals surface area (Å²) in [6.07, 6.45) is 4.02. The summed E-state index contributed by atoms with van der Waals surface area (Å²) in [5.74, 6) is 0.411. The Kier molecular flexibility index (Phi) is 6.61. The van der Waals surface area contributed by atoms with Crippen molar-refractivity contribution in [3.63, 3.8) is 0 Å². The van der Waals surface area contributed by atoms with Crippen molar-refractivity contribution in [3.05, 3.63) is 48.3 Å². The lowest BCUT2D eigenvalue weighted by molar-refractivity contribution is 0.102. The van der Waals surface area contributed by atoms with E-state index < -0.39 is 0 Å². The van der Waals surface area contributed by atoms with Gasteiger partial charge in [-0.15, -0.1) is 0 Å². The highest BCUT2D eigenvalue weighted by atomic mass is 16.5. The number of ether oxygens (including phenoxy) is 1. The monoisotopic (exact) mass is 327 g/mol. The van der Waals surface area contributed by atoms with Crippen LogP contribution in [0.5, 0.6) is 5.75 Å². The lowest BCUT2D eigenvalue weighted by atomic mass is 10.2. The number of benzene rings is 1. The summed E-state index contributed by atoms with van der Waals surface area (Å²) in [7, 11) is 2.03. The third-order valence-corrected chi connectivity index (χ3v) is 3.70. The molecule has 0 aliphatic carbocycles. The van der Waals surface area contributed by atoms with Crippen LogP contribution < -0.4 is 15.0 Å². The van der Waals surface area contributed by atoms with E-state index in [1.807, 2.05) is 44.3 Å². The summed E-state index contributed by atoms with van der Waals surface area (Å²) in [5, 5.41) is 2.85. The zero-order valence-electron chi connectivity index (χ0n) is 14.6. The van der Waals surface area contributed by atoms with Crippen LogP contribution in [0.1, 0.15) is 37.2 Å². The van der Waals surface area contributed by atoms with Crippen molar-refractivity contribution in [1.82, 2.24) is 4.98 Å². The molecule has 0 aliphatic heterocycles. The molecule has 0 bridgehead atoms. The van der Waals surface area contributed by atoms with Gasteiger partial charge >= 0.3 is 0 Å². The quantitative estimate of drug-likeness (QED) is 0.797. The highest BCUT2D eigenvalue weighted by Crippen LogP contribution is 2.24. The second kappa shape index (κ2) is 8.91. The zero-order chi connectivity index (χ0) is 17.4. The van der Waals surface area contributed by atoms with Gasteiger partial charge in [-0.1, -0.05) is 25.5 Å². The molecule has 5 heteroatoms. The van der Waals surface area contributed by atoms with Gasteiger partial charge in [0.15, 0.2) is 0 Å². The second-order valence-electron chi connectivity index (χ2n) is 5.56. The first-order valence-electron chi connectivity index (χ1n) is 8.36. The predicted octanol–water partition coefficient (Wildman–Crippen LogP) is 3.97. The normalized spacial score (nSPS) is 10.3. The van der Waals surface area contributed by atoms with E-state index in [1.165, 1.54) is 0 Å². The number of rotatable bonds is 8. The van der Waals surface area contributed by atoms with Crippen LogP contribution in [0.4, 0.5) is 11.4 Å². The summed E-state index contributed by atoms with van der Waals surface area (Å²) in [6.45, 7) is 5.60. The minimum Gasteiger partial charge on any atom is -0.492 e. The smallest absolute Gasteiger partial charge is 0.274 e. The number of carbonyl (C=O) groups excluding carboxylic acids is 1. The Morgan fingerprint density at radius 1 is 1.21 bits per heavy atom. The number of unbranched alkanes of at least 4 members (excludes halogenated alkanes) is 1. The fourth-order valence-electron chi connectivity index (χ4n) is 2.31. The molecule has 1 amide bonds. The minimum atomic E-state index is -0.245. The molecule has 1 aromatic heterocycles. The lowest BCUT2D eigenvalue weighted by Gasteiger charge is -2.18. The molecule has 1 heterocycles. The molecule has 0 spiro atoms. The van der Waals surface area contributed by atoms with E-state index in [-0.39, 0.29) is 5.91 Å². The molecule has 1 N–H and O–H groups in total. The summed E-state index contributed by atoms with van der Waals surface area (Å²) in [4.78, 5) is 18.8. The number of pyridine rings is 1. The number of para-hydroxylation sites is 2. The fourth-order valence-corrected chi connectivity index (χ4v) is 2.31. The van der Waals surface area contributed by atoms with Crippen molar-refractivity contribution in [1.29, 1.82) is 0 Å². The summed E-state index contributed by atoms with van der Waals surface area (Å²) in [6, 6.07) is 11.0. The number of nitrogens with zero attached hydrogens (tertiary/aromatic N) is 2. The van der Waals surface area contributed by atoms with Crippen LogP contribution in [0.3, 0.4) is 0 Å². The molecule has 5 nitrogen and oxygen atoms in total. The first kappa shape index (κ1) is 17.8. The van der Waals surface area contributed by atoms with Gasteiger partial charge < -0.3 is 15.0 Å². The average molecular weight is 327 g/mol. The van der Waals surface area contributed by atoms with Gasteiger partial charge in [0, 0.05) is 13.6 Å². The van der Waals surface area contributed by atoms with Crippen LogP contribution in [0, 0.1) is 0 Å². The highest BCUT2D eigenvalue weighted by Gasteiger charge is 2.11. The zero-order valence-corrected chi connectivity index (χ0v) is 14.6. The Bertz CT molecular complexity index is 656. The number of amides is 1. The number of carbonyl (C=O) groups is 1. The number of hydrogen-bond donors (Lipinski definition) is 1. The molecule has 1 aromatic carbocycles. The lowest BCUT2D eigenvalue weighted by Crippen LogP contribution is -2.19. The molecule has 0 unspecified atom stereocenters. The molecule has 128 valence electrons. The molecule has 2 aromatic rings. The third-order valence-electron chi connectivity index (χ3n) is 3.70. The van der Waals surface area contributed by atoms with E-state index in [1.54, 1.807) is 12.3 Å². The van der Waals surface area contributed by atoms with Crippen molar-refractivity contribution in [3.8, 4) is 5.75 Å². The maximum Gasteiger partial charge on any atom is 0.274 e. The van der Waals surface area contributed by atoms with Crippen LogP contribution in [0.15, 0.2) is 42.6 Å². The van der Waals surface area contributed by atoms with Crippen molar-refractivity contribution in [2.75, 3.05) is 30.4 Å². The van der Waals surface area contributed by atoms with Crippen molar-refractivity contribution < 1.29 is 9.53 Å². The summed E-state index contributed by atoms with van der Waals surface area (Å²) < 4.78 is 5.52. The van der Waals surface area contributed by atoms with Gasteiger partial charge in [-0.3, -0.25) is 4.79 Å². The third kappa shape index (κ3) is 4.72. The van der Waals surface area contributed by atoms with Crippen LogP contribution in [0.2, 0.25) is 0 Å². The first-order chi connectivity index (χ1) is 11.7. The molecule has 0 fully saturated rings. The Balaban J connectivity index is 2.05. The van der Waals surface area contributed by atoms with Gasteiger partial charge in [0.1, 0.15) is 11.4 Å². The second-order valence-corrected chi connectivity index (χ2v) is 5.56. The SMILES string of the molecule is CCCCN(C)c1ccc(C(=O)Nc2ccccc2OCC)nc1. The Morgan fingerprint density at radius 3 is 2.67 bits per heavy atom. The summed E-state index contributed by atoms with van der Waals surface area (Å²) >= 11 is 0. The largest absolute Gasteiger partial charge is 0.492 e. The first-order valence-corrected chi connectivity index (χ1v) is 8.36. The van der Waals surface area contributed by atoms with Crippen LogP contribution in [0.25, 0.3) is 0 Å². The van der Waals surface area contributed by atoms with Crippen molar-refractivity contribution in [2.45, 2.75) is 26.7 Å². The van der Waals surface area contributed by atoms with E-state index in [0.717, 1.165) is 25.1 Å². The van der Waals surface area contributed by atoms with Gasteiger partial charge in [-0.05, 0) is 37.6 Å².